The number of carbonyl (C=O) groups excluding carboxylic acids is 1. The second-order valence-electron chi connectivity index (χ2n) is 7.99. The Balaban J connectivity index is 1.63. The van der Waals surface area contributed by atoms with E-state index in [0.717, 1.165) is 5.56 Å². The van der Waals surface area contributed by atoms with Gasteiger partial charge >= 0.3 is 0 Å². The molecule has 0 aliphatic heterocycles. The first-order chi connectivity index (χ1) is 12.3. The van der Waals surface area contributed by atoms with Crippen molar-refractivity contribution < 1.29 is 4.79 Å². The lowest BCUT2D eigenvalue weighted by Crippen LogP contribution is -2.35. The standard InChI is InChI=1S/C19H27N5OS/c1-12(13-5-6-13)21-16(25)11-26-18-23-22-17(24(18)20)14-7-9-15(10-8-14)19(2,3)4/h7-10,12-13H,5-6,11,20H2,1-4H3,(H,21,25). The predicted octanol–water partition coefficient (Wildman–Crippen LogP) is 2.96. The van der Waals surface area contributed by atoms with Crippen LogP contribution in [0.15, 0.2) is 29.4 Å². The van der Waals surface area contributed by atoms with Crippen molar-refractivity contribution in [3.05, 3.63) is 29.8 Å². The molecule has 1 aliphatic rings. The van der Waals surface area contributed by atoms with E-state index in [0.29, 0.717) is 16.9 Å². The number of aromatic nitrogens is 3. The molecule has 1 unspecified atom stereocenters. The van der Waals surface area contributed by atoms with E-state index in [4.69, 9.17) is 5.84 Å². The lowest BCUT2D eigenvalue weighted by Gasteiger charge is -2.19. The first kappa shape index (κ1) is 18.8. The Morgan fingerprint density at radius 2 is 1.96 bits per heavy atom. The molecule has 1 aromatic carbocycles. The fourth-order valence-corrected chi connectivity index (χ4v) is 3.50. The monoisotopic (exact) mass is 373 g/mol. The van der Waals surface area contributed by atoms with E-state index < -0.39 is 0 Å². The highest BCUT2D eigenvalue weighted by Crippen LogP contribution is 2.32. The molecule has 2 aromatic rings. The van der Waals surface area contributed by atoms with Gasteiger partial charge in [-0.15, -0.1) is 10.2 Å². The van der Waals surface area contributed by atoms with Crippen molar-refractivity contribution in [2.45, 2.75) is 57.1 Å². The molecule has 3 N–H and O–H groups in total. The Bertz CT molecular complexity index is 774. The lowest BCUT2D eigenvalue weighted by atomic mass is 9.87. The van der Waals surface area contributed by atoms with E-state index in [1.54, 1.807) is 0 Å². The van der Waals surface area contributed by atoms with Crippen molar-refractivity contribution in [3.8, 4) is 11.4 Å². The highest BCUT2D eigenvalue weighted by atomic mass is 32.2. The summed E-state index contributed by atoms with van der Waals surface area (Å²) < 4.78 is 1.45. The van der Waals surface area contributed by atoms with E-state index in [9.17, 15) is 4.79 Å². The van der Waals surface area contributed by atoms with E-state index >= 15 is 0 Å². The van der Waals surface area contributed by atoms with Crippen LogP contribution in [0.3, 0.4) is 0 Å². The number of nitrogens with zero attached hydrogens (tertiary/aromatic N) is 3. The zero-order chi connectivity index (χ0) is 18.9. The Morgan fingerprint density at radius 3 is 2.54 bits per heavy atom. The lowest BCUT2D eigenvalue weighted by molar-refractivity contribution is -0.119. The molecule has 1 heterocycles. The number of hydrogen-bond donors (Lipinski definition) is 2. The van der Waals surface area contributed by atoms with Gasteiger partial charge in [0.1, 0.15) is 0 Å². The first-order valence-electron chi connectivity index (χ1n) is 8.99. The third-order valence-electron chi connectivity index (χ3n) is 4.72. The highest BCUT2D eigenvalue weighted by Gasteiger charge is 2.28. The topological polar surface area (TPSA) is 85.8 Å². The Labute approximate surface area is 158 Å². The molecule has 0 spiro atoms. The summed E-state index contributed by atoms with van der Waals surface area (Å²) in [5.74, 6) is 7.68. The second-order valence-corrected chi connectivity index (χ2v) is 8.93. The third kappa shape index (κ3) is 4.38. The van der Waals surface area contributed by atoms with Gasteiger partial charge < -0.3 is 11.2 Å². The van der Waals surface area contributed by atoms with Gasteiger partial charge in [0.15, 0.2) is 5.82 Å². The number of nitrogens with one attached hydrogen (secondary N) is 1. The molecule has 6 nitrogen and oxygen atoms in total. The summed E-state index contributed by atoms with van der Waals surface area (Å²) in [6.07, 6.45) is 2.42. The molecule has 0 radical (unpaired) electrons. The molecule has 1 aromatic heterocycles. The molecular weight excluding hydrogens is 346 g/mol. The van der Waals surface area contributed by atoms with Crippen LogP contribution in [0.4, 0.5) is 0 Å². The number of nitrogens with two attached hydrogens (primary N) is 1. The quantitative estimate of drug-likeness (QED) is 0.600. The molecule has 0 saturated heterocycles. The minimum Gasteiger partial charge on any atom is -0.353 e. The minimum absolute atomic E-state index is 0.00785. The van der Waals surface area contributed by atoms with Gasteiger partial charge in [0.2, 0.25) is 11.1 Å². The van der Waals surface area contributed by atoms with Gasteiger partial charge in [-0.3, -0.25) is 4.79 Å². The van der Waals surface area contributed by atoms with Crippen molar-refractivity contribution in [2.24, 2.45) is 5.92 Å². The van der Waals surface area contributed by atoms with Crippen molar-refractivity contribution >= 4 is 17.7 Å². The van der Waals surface area contributed by atoms with Gasteiger partial charge in [-0.2, -0.15) is 0 Å². The maximum Gasteiger partial charge on any atom is 0.230 e. The van der Waals surface area contributed by atoms with Crippen molar-refractivity contribution in [1.29, 1.82) is 0 Å². The molecule has 1 fully saturated rings. The largest absolute Gasteiger partial charge is 0.353 e. The fraction of sp³-hybridized carbons (Fsp3) is 0.526. The summed E-state index contributed by atoms with van der Waals surface area (Å²) in [6.45, 7) is 8.59. The first-order valence-corrected chi connectivity index (χ1v) is 9.98. The molecule has 7 heteroatoms. The van der Waals surface area contributed by atoms with Crippen LogP contribution in [0.1, 0.15) is 46.1 Å². The van der Waals surface area contributed by atoms with Crippen LogP contribution in [0.25, 0.3) is 11.4 Å². The third-order valence-corrected chi connectivity index (χ3v) is 5.67. The molecule has 3 rings (SSSR count). The summed E-state index contributed by atoms with van der Waals surface area (Å²) in [5.41, 5.74) is 2.26. The van der Waals surface area contributed by atoms with Crippen LogP contribution < -0.4 is 11.2 Å². The molecule has 140 valence electrons. The fourth-order valence-electron chi connectivity index (χ4n) is 2.83. The molecule has 1 saturated carbocycles. The van der Waals surface area contributed by atoms with Crippen LogP contribution in [-0.4, -0.2) is 32.6 Å². The van der Waals surface area contributed by atoms with Crippen molar-refractivity contribution in [1.82, 2.24) is 20.2 Å². The zero-order valence-electron chi connectivity index (χ0n) is 15.8. The number of carbonyl (C=O) groups is 1. The van der Waals surface area contributed by atoms with Gasteiger partial charge in [0.05, 0.1) is 5.75 Å². The number of benzene rings is 1. The summed E-state index contributed by atoms with van der Waals surface area (Å²) in [6, 6.07) is 8.43. The van der Waals surface area contributed by atoms with Gasteiger partial charge in [-0.25, -0.2) is 4.68 Å². The normalized spacial score (nSPS) is 15.7. The smallest absolute Gasteiger partial charge is 0.230 e. The molecule has 1 aliphatic carbocycles. The maximum atomic E-state index is 12.0. The van der Waals surface area contributed by atoms with E-state index in [-0.39, 0.29) is 23.1 Å². The van der Waals surface area contributed by atoms with Gasteiger partial charge in [0, 0.05) is 11.6 Å². The average Bonchev–Trinajstić information content (AvgIpc) is 3.36. The Morgan fingerprint density at radius 1 is 1.31 bits per heavy atom. The van der Waals surface area contributed by atoms with E-state index in [2.05, 4.69) is 55.3 Å². The van der Waals surface area contributed by atoms with Gasteiger partial charge in [0.25, 0.3) is 0 Å². The van der Waals surface area contributed by atoms with Crippen LogP contribution in [0, 0.1) is 5.92 Å². The summed E-state index contributed by atoms with van der Waals surface area (Å²) in [5, 5.41) is 11.9. The van der Waals surface area contributed by atoms with Crippen LogP contribution in [0.2, 0.25) is 0 Å². The van der Waals surface area contributed by atoms with Crippen LogP contribution >= 0.6 is 11.8 Å². The van der Waals surface area contributed by atoms with E-state index in [1.165, 1.54) is 34.8 Å². The summed E-state index contributed by atoms with van der Waals surface area (Å²) in [4.78, 5) is 12.0. The molecule has 0 bridgehead atoms. The highest BCUT2D eigenvalue weighted by molar-refractivity contribution is 7.99. The van der Waals surface area contributed by atoms with Crippen LogP contribution in [0.5, 0.6) is 0 Å². The molecule has 1 atom stereocenters. The van der Waals surface area contributed by atoms with E-state index in [1.807, 2.05) is 12.1 Å². The number of nitrogen functional groups attached to an aromatic ring is 1. The van der Waals surface area contributed by atoms with Gasteiger partial charge in [-0.1, -0.05) is 56.8 Å². The number of amides is 1. The number of rotatable bonds is 6. The number of hydrogen-bond acceptors (Lipinski definition) is 5. The SMILES string of the molecule is CC(NC(=O)CSc1nnc(-c2ccc(C(C)(C)C)cc2)n1N)C1CC1. The Kier molecular flexibility index (Phi) is 5.27. The van der Waals surface area contributed by atoms with Crippen molar-refractivity contribution in [3.63, 3.8) is 0 Å². The van der Waals surface area contributed by atoms with Crippen LogP contribution in [-0.2, 0) is 10.2 Å². The maximum absolute atomic E-state index is 12.0. The zero-order valence-corrected chi connectivity index (χ0v) is 16.6. The van der Waals surface area contributed by atoms with Gasteiger partial charge in [-0.05, 0) is 36.7 Å². The Hall–Kier alpha value is -2.02. The predicted molar refractivity (Wildman–Crippen MR) is 105 cm³/mol. The average molecular weight is 374 g/mol. The second kappa shape index (κ2) is 7.31. The number of thioether (sulfide) groups is 1. The molecular formula is C19H27N5OS. The molecule has 1 amide bonds. The molecule has 26 heavy (non-hydrogen) atoms. The van der Waals surface area contributed by atoms with Crippen molar-refractivity contribution in [2.75, 3.05) is 11.6 Å². The summed E-state index contributed by atoms with van der Waals surface area (Å²) >= 11 is 1.30. The minimum atomic E-state index is 0.00785. The summed E-state index contributed by atoms with van der Waals surface area (Å²) in [7, 11) is 0.